The summed E-state index contributed by atoms with van der Waals surface area (Å²) < 4.78 is 12.8. The molecule has 1 atom stereocenters. The zero-order valence-corrected chi connectivity index (χ0v) is 16.5. The van der Waals surface area contributed by atoms with Gasteiger partial charge in [0, 0.05) is 25.4 Å². The molecule has 1 saturated heterocycles. The number of non-ortho nitro benzene ring substituents is 1. The third-order valence-corrected chi connectivity index (χ3v) is 4.40. The van der Waals surface area contributed by atoms with Crippen molar-refractivity contribution in [2.45, 2.75) is 51.9 Å². The van der Waals surface area contributed by atoms with E-state index in [4.69, 9.17) is 15.2 Å². The molecule has 3 rings (SSSR count). The van der Waals surface area contributed by atoms with Crippen molar-refractivity contribution in [3.05, 3.63) is 22.2 Å². The van der Waals surface area contributed by atoms with Crippen molar-refractivity contribution in [3.8, 4) is 0 Å². The number of nitrogens with zero attached hydrogens (tertiary/aromatic N) is 4. The maximum Gasteiger partial charge on any atom is 0.415 e. The van der Waals surface area contributed by atoms with E-state index >= 15 is 0 Å². The first-order valence-corrected chi connectivity index (χ1v) is 9.13. The number of nitro groups is 1. The number of nitro benzene ring substituents is 1. The lowest BCUT2D eigenvalue weighted by atomic mass is 10.1. The van der Waals surface area contributed by atoms with E-state index in [0.29, 0.717) is 12.1 Å². The van der Waals surface area contributed by atoms with Gasteiger partial charge in [-0.05, 0) is 46.1 Å². The quantitative estimate of drug-likeness (QED) is 0.481. The zero-order valence-electron chi connectivity index (χ0n) is 16.5. The molecular weight excluding hydrogens is 366 g/mol. The molecule has 28 heavy (non-hydrogen) atoms. The minimum atomic E-state index is -0.716. The van der Waals surface area contributed by atoms with E-state index < -0.39 is 16.6 Å². The van der Waals surface area contributed by atoms with Crippen LogP contribution in [0.15, 0.2) is 12.1 Å². The molecule has 2 N–H and O–H groups in total. The predicted octanol–water partition coefficient (Wildman–Crippen LogP) is 3.60. The predicted molar refractivity (Wildman–Crippen MR) is 104 cm³/mol. The van der Waals surface area contributed by atoms with Gasteiger partial charge in [-0.3, -0.25) is 15.0 Å². The summed E-state index contributed by atoms with van der Waals surface area (Å²) >= 11 is 0. The number of amides is 1. The molecule has 0 radical (unpaired) electrons. The molecule has 1 unspecified atom stereocenters. The molecule has 2 heterocycles. The summed E-state index contributed by atoms with van der Waals surface area (Å²) in [6.07, 6.45) is 1.58. The summed E-state index contributed by atoms with van der Waals surface area (Å²) in [4.78, 5) is 24.9. The highest BCUT2D eigenvalue weighted by Crippen LogP contribution is 2.39. The van der Waals surface area contributed by atoms with Gasteiger partial charge in [0.15, 0.2) is 12.0 Å². The van der Waals surface area contributed by atoms with E-state index in [1.165, 1.54) is 18.0 Å². The fourth-order valence-electron chi connectivity index (χ4n) is 3.18. The zero-order chi connectivity index (χ0) is 20.6. The lowest BCUT2D eigenvalue weighted by molar-refractivity contribution is -0.383. The van der Waals surface area contributed by atoms with Gasteiger partial charge in [-0.2, -0.15) is 5.10 Å². The number of rotatable bonds is 3. The summed E-state index contributed by atoms with van der Waals surface area (Å²) in [7, 11) is 1.47. The Morgan fingerprint density at radius 2 is 2.14 bits per heavy atom. The van der Waals surface area contributed by atoms with Gasteiger partial charge in [0.25, 0.3) is 5.69 Å². The van der Waals surface area contributed by atoms with Crippen molar-refractivity contribution < 1.29 is 19.2 Å². The van der Waals surface area contributed by atoms with Crippen LogP contribution in [-0.2, 0) is 9.47 Å². The SMILES string of the molecule is CN(C(=O)OC(C)(C)C)c1nn(C2CCCCO2)c2cc(N)cc([N+](=O)[O-])c12. The molecule has 1 fully saturated rings. The number of anilines is 2. The molecule has 0 spiro atoms. The Bertz CT molecular complexity index is 911. The normalized spacial score (nSPS) is 17.5. The first-order valence-electron chi connectivity index (χ1n) is 9.13. The highest BCUT2D eigenvalue weighted by molar-refractivity contribution is 6.04. The van der Waals surface area contributed by atoms with Gasteiger partial charge in [0.2, 0.25) is 0 Å². The average Bonchev–Trinajstić information content (AvgIpc) is 2.98. The standard InChI is InChI=1S/C18H25N5O5/c1-18(2,3)28-17(24)21(4)16-15-12(9-11(19)10-13(15)23(25)26)22(20-16)14-7-5-6-8-27-14/h9-10,14H,5-8,19H2,1-4H3. The summed E-state index contributed by atoms with van der Waals surface area (Å²) in [6, 6.07) is 2.88. The van der Waals surface area contributed by atoms with E-state index in [0.717, 1.165) is 19.3 Å². The van der Waals surface area contributed by atoms with Crippen molar-refractivity contribution in [3.63, 3.8) is 0 Å². The number of nitrogen functional groups attached to an aromatic ring is 1. The molecule has 1 aliphatic heterocycles. The van der Waals surface area contributed by atoms with Crippen molar-refractivity contribution in [2.24, 2.45) is 0 Å². The summed E-state index contributed by atoms with van der Waals surface area (Å²) in [5.74, 6) is 0.130. The Morgan fingerprint density at radius 3 is 2.71 bits per heavy atom. The summed E-state index contributed by atoms with van der Waals surface area (Å²) in [5, 5.41) is 16.4. The molecule has 0 saturated carbocycles. The van der Waals surface area contributed by atoms with Gasteiger partial charge < -0.3 is 15.2 Å². The van der Waals surface area contributed by atoms with Gasteiger partial charge in [-0.25, -0.2) is 9.48 Å². The maximum absolute atomic E-state index is 12.6. The van der Waals surface area contributed by atoms with Crippen LogP contribution in [0.25, 0.3) is 10.9 Å². The largest absolute Gasteiger partial charge is 0.443 e. The van der Waals surface area contributed by atoms with Gasteiger partial charge >= 0.3 is 6.09 Å². The lowest BCUT2D eigenvalue weighted by Gasteiger charge is -2.24. The van der Waals surface area contributed by atoms with Crippen molar-refractivity contribution >= 4 is 34.2 Å². The fraction of sp³-hybridized carbons (Fsp3) is 0.556. The van der Waals surface area contributed by atoms with Crippen molar-refractivity contribution in [2.75, 3.05) is 24.3 Å². The number of carbonyl (C=O) groups is 1. The highest BCUT2D eigenvalue weighted by Gasteiger charge is 2.31. The highest BCUT2D eigenvalue weighted by atomic mass is 16.6. The lowest BCUT2D eigenvalue weighted by Crippen LogP contribution is -2.34. The Labute approximate surface area is 162 Å². The molecule has 152 valence electrons. The molecule has 1 aromatic carbocycles. The van der Waals surface area contributed by atoms with E-state index in [9.17, 15) is 14.9 Å². The Morgan fingerprint density at radius 1 is 1.43 bits per heavy atom. The van der Waals surface area contributed by atoms with Crippen LogP contribution in [0.5, 0.6) is 0 Å². The second kappa shape index (κ2) is 7.27. The summed E-state index contributed by atoms with van der Waals surface area (Å²) in [6.45, 7) is 5.81. The second-order valence-electron chi connectivity index (χ2n) is 7.82. The van der Waals surface area contributed by atoms with Crippen LogP contribution < -0.4 is 10.6 Å². The van der Waals surface area contributed by atoms with E-state index in [2.05, 4.69) is 5.10 Å². The van der Waals surface area contributed by atoms with Crippen molar-refractivity contribution in [1.82, 2.24) is 9.78 Å². The number of fused-ring (bicyclic) bond motifs is 1. The minimum absolute atomic E-state index is 0.130. The minimum Gasteiger partial charge on any atom is -0.443 e. The first-order chi connectivity index (χ1) is 13.1. The smallest absolute Gasteiger partial charge is 0.415 e. The van der Waals surface area contributed by atoms with Crippen LogP contribution in [0.4, 0.5) is 22.0 Å². The molecule has 10 heteroatoms. The Balaban J connectivity index is 2.18. The van der Waals surface area contributed by atoms with Crippen LogP contribution in [0.1, 0.15) is 46.3 Å². The van der Waals surface area contributed by atoms with Crippen LogP contribution in [-0.4, -0.2) is 40.1 Å². The van der Waals surface area contributed by atoms with E-state index in [1.54, 1.807) is 31.5 Å². The Kier molecular flexibility index (Phi) is 5.16. The van der Waals surface area contributed by atoms with Crippen LogP contribution in [0.2, 0.25) is 0 Å². The number of hydrogen-bond acceptors (Lipinski definition) is 7. The Hall–Kier alpha value is -2.88. The van der Waals surface area contributed by atoms with Crippen LogP contribution >= 0.6 is 0 Å². The molecule has 1 aromatic heterocycles. The molecule has 1 amide bonds. The third kappa shape index (κ3) is 3.86. The number of benzene rings is 1. The molecule has 0 aliphatic carbocycles. The number of ether oxygens (including phenoxy) is 2. The topological polar surface area (TPSA) is 126 Å². The van der Waals surface area contributed by atoms with E-state index in [-0.39, 0.29) is 28.8 Å². The first kappa shape index (κ1) is 19.9. The molecule has 2 aromatic rings. The van der Waals surface area contributed by atoms with Gasteiger partial charge in [-0.1, -0.05) is 0 Å². The molecule has 0 bridgehead atoms. The maximum atomic E-state index is 12.6. The van der Waals surface area contributed by atoms with Gasteiger partial charge in [0.1, 0.15) is 11.0 Å². The van der Waals surface area contributed by atoms with Gasteiger partial charge in [0.05, 0.1) is 10.4 Å². The fourth-order valence-corrected chi connectivity index (χ4v) is 3.18. The number of nitrogens with two attached hydrogens (primary N) is 1. The van der Waals surface area contributed by atoms with E-state index in [1.807, 2.05) is 0 Å². The number of hydrogen-bond donors (Lipinski definition) is 1. The third-order valence-electron chi connectivity index (χ3n) is 4.40. The second-order valence-corrected chi connectivity index (χ2v) is 7.82. The van der Waals surface area contributed by atoms with Crippen molar-refractivity contribution in [1.29, 1.82) is 0 Å². The van der Waals surface area contributed by atoms with Crippen LogP contribution in [0.3, 0.4) is 0 Å². The average molecular weight is 391 g/mol. The number of carbonyl (C=O) groups excluding carboxylic acids is 1. The van der Waals surface area contributed by atoms with Crippen LogP contribution in [0, 0.1) is 10.1 Å². The summed E-state index contributed by atoms with van der Waals surface area (Å²) in [5.41, 5.74) is 5.65. The molecule has 1 aliphatic rings. The van der Waals surface area contributed by atoms with Gasteiger partial charge in [-0.15, -0.1) is 0 Å². The number of aromatic nitrogens is 2. The molecule has 10 nitrogen and oxygen atoms in total. The molecular formula is C18H25N5O5. The monoisotopic (exact) mass is 391 g/mol.